The Morgan fingerprint density at radius 3 is 2.43 bits per heavy atom. The van der Waals surface area contributed by atoms with Crippen LogP contribution in [0, 0.1) is 18.3 Å². The van der Waals surface area contributed by atoms with Crippen molar-refractivity contribution in [3.63, 3.8) is 0 Å². The number of urea groups is 1. The molecule has 3 atom stereocenters. The number of nitrogens with one attached hydrogen (secondary N) is 1. The number of imide groups is 1. The average Bonchev–Trinajstić information content (AvgIpc) is 2.83. The maximum atomic E-state index is 13.1. The molecular formula is C23H30N2O5. The highest BCUT2D eigenvalue weighted by atomic mass is 16.5. The molecule has 30 heavy (non-hydrogen) atoms. The Hall–Kier alpha value is -2.70. The van der Waals surface area contributed by atoms with E-state index in [1.165, 1.54) is 6.92 Å². The third-order valence-electron chi connectivity index (χ3n) is 5.92. The van der Waals surface area contributed by atoms with Crippen LogP contribution in [-0.2, 0) is 14.3 Å². The van der Waals surface area contributed by atoms with Gasteiger partial charge in [-0.05, 0) is 44.4 Å². The molecule has 1 aromatic carbocycles. The summed E-state index contributed by atoms with van der Waals surface area (Å²) in [6.45, 7) is 9.12. The molecule has 0 aromatic heterocycles. The van der Waals surface area contributed by atoms with E-state index >= 15 is 0 Å². The summed E-state index contributed by atoms with van der Waals surface area (Å²) in [4.78, 5) is 51.4. The number of hydrogen-bond donors (Lipinski definition) is 1. The summed E-state index contributed by atoms with van der Waals surface area (Å²) in [6.07, 6.45) is 1.04. The van der Waals surface area contributed by atoms with E-state index in [1.54, 1.807) is 24.3 Å². The molecule has 7 nitrogen and oxygen atoms in total. The number of esters is 1. The molecule has 1 aromatic rings. The van der Waals surface area contributed by atoms with E-state index in [4.69, 9.17) is 4.74 Å². The predicted octanol–water partition coefficient (Wildman–Crippen LogP) is 3.25. The van der Waals surface area contributed by atoms with Crippen LogP contribution in [0.25, 0.3) is 0 Å². The third kappa shape index (κ3) is 4.40. The van der Waals surface area contributed by atoms with Gasteiger partial charge in [-0.25, -0.2) is 4.79 Å². The number of benzene rings is 1. The Bertz CT molecular complexity index is 876. The van der Waals surface area contributed by atoms with Gasteiger partial charge in [-0.2, -0.15) is 0 Å². The molecule has 2 aliphatic rings. The highest BCUT2D eigenvalue weighted by Gasteiger charge is 2.56. The second kappa shape index (κ2) is 7.85. The highest BCUT2D eigenvalue weighted by Crippen LogP contribution is 2.46. The van der Waals surface area contributed by atoms with Gasteiger partial charge in [-0.1, -0.05) is 50.6 Å². The lowest BCUT2D eigenvalue weighted by Crippen LogP contribution is -2.54. The molecule has 2 fully saturated rings. The van der Waals surface area contributed by atoms with Gasteiger partial charge in [0.15, 0.2) is 6.10 Å². The lowest BCUT2D eigenvalue weighted by Gasteiger charge is -2.43. The van der Waals surface area contributed by atoms with Gasteiger partial charge in [0.1, 0.15) is 12.1 Å². The molecule has 1 heterocycles. The minimum Gasteiger partial charge on any atom is -0.453 e. The molecular weight excluding hydrogens is 384 g/mol. The molecule has 1 aliphatic carbocycles. The lowest BCUT2D eigenvalue weighted by atomic mass is 9.64. The van der Waals surface area contributed by atoms with Crippen molar-refractivity contribution in [1.82, 2.24) is 10.2 Å². The van der Waals surface area contributed by atoms with Gasteiger partial charge in [0.2, 0.25) is 5.78 Å². The Morgan fingerprint density at radius 2 is 1.83 bits per heavy atom. The SMILES string of the molecule is Cc1ccc(C(=O)[C@H](C)OC(=O)CN2C(=O)N[C@]3(C[C@H](C)CC(C)(C)C3)C2=O)cc1. The molecule has 1 saturated carbocycles. The second-order valence-electron chi connectivity index (χ2n) is 9.62. The zero-order chi connectivity index (χ0) is 22.3. The monoisotopic (exact) mass is 414 g/mol. The lowest BCUT2D eigenvalue weighted by molar-refractivity contribution is -0.150. The maximum absolute atomic E-state index is 13.1. The van der Waals surface area contributed by atoms with Crippen LogP contribution in [0.1, 0.15) is 62.9 Å². The first kappa shape index (κ1) is 22.0. The van der Waals surface area contributed by atoms with Crippen LogP contribution in [0.15, 0.2) is 24.3 Å². The van der Waals surface area contributed by atoms with Gasteiger partial charge >= 0.3 is 12.0 Å². The van der Waals surface area contributed by atoms with Gasteiger partial charge in [-0.3, -0.25) is 19.3 Å². The van der Waals surface area contributed by atoms with Crippen molar-refractivity contribution in [3.8, 4) is 0 Å². The first-order valence-corrected chi connectivity index (χ1v) is 10.4. The summed E-state index contributed by atoms with van der Waals surface area (Å²) in [7, 11) is 0. The van der Waals surface area contributed by atoms with Gasteiger partial charge in [0.05, 0.1) is 0 Å². The van der Waals surface area contributed by atoms with Gasteiger partial charge < -0.3 is 10.1 Å². The van der Waals surface area contributed by atoms with Gasteiger partial charge in [0.25, 0.3) is 5.91 Å². The smallest absolute Gasteiger partial charge is 0.326 e. The summed E-state index contributed by atoms with van der Waals surface area (Å²) >= 11 is 0. The van der Waals surface area contributed by atoms with Crippen molar-refractivity contribution >= 4 is 23.7 Å². The quantitative estimate of drug-likeness (QED) is 0.454. The molecule has 1 spiro atoms. The van der Waals surface area contributed by atoms with Crippen LogP contribution in [0.5, 0.6) is 0 Å². The third-order valence-corrected chi connectivity index (χ3v) is 5.92. The molecule has 162 valence electrons. The largest absolute Gasteiger partial charge is 0.453 e. The summed E-state index contributed by atoms with van der Waals surface area (Å²) in [5.74, 6) is -1.23. The van der Waals surface area contributed by atoms with Gasteiger partial charge in [-0.15, -0.1) is 0 Å². The fourth-order valence-electron chi connectivity index (χ4n) is 5.02. The molecule has 0 unspecified atom stereocenters. The molecule has 7 heteroatoms. The normalized spacial score (nSPS) is 26.4. The predicted molar refractivity (Wildman–Crippen MR) is 111 cm³/mol. The topological polar surface area (TPSA) is 92.8 Å². The number of ketones is 1. The number of aryl methyl sites for hydroxylation is 1. The van der Waals surface area contributed by atoms with Crippen LogP contribution in [0.3, 0.4) is 0 Å². The number of hydrogen-bond acceptors (Lipinski definition) is 5. The van der Waals surface area contributed by atoms with Crippen molar-refractivity contribution in [2.24, 2.45) is 11.3 Å². The number of Topliss-reactive ketones (excluding diaryl/α,β-unsaturated/α-hetero) is 1. The van der Waals surface area contributed by atoms with E-state index in [1.807, 2.05) is 6.92 Å². The maximum Gasteiger partial charge on any atom is 0.326 e. The standard InChI is InChI=1S/C23H30N2O5/c1-14-6-8-17(9-7-14)19(27)16(3)30-18(26)12-25-20(28)23(24-21(25)29)11-15(2)10-22(4,5)13-23/h6-9,15-16H,10-13H2,1-5H3,(H,24,29)/t15-,16+,23+/m1/s1. The van der Waals surface area contributed by atoms with Gasteiger partial charge in [0, 0.05) is 5.56 Å². The summed E-state index contributed by atoms with van der Waals surface area (Å²) in [5.41, 5.74) is 0.394. The Labute approximate surface area is 177 Å². The molecule has 3 rings (SSSR count). The highest BCUT2D eigenvalue weighted by molar-refractivity contribution is 6.09. The van der Waals surface area contributed by atoms with Crippen molar-refractivity contribution in [2.75, 3.05) is 6.54 Å². The zero-order valence-electron chi connectivity index (χ0n) is 18.3. The second-order valence-corrected chi connectivity index (χ2v) is 9.62. The summed E-state index contributed by atoms with van der Waals surface area (Å²) in [6, 6.07) is 6.38. The van der Waals surface area contributed by atoms with E-state index in [-0.39, 0.29) is 23.0 Å². The first-order valence-electron chi connectivity index (χ1n) is 10.4. The van der Waals surface area contributed by atoms with Crippen LogP contribution >= 0.6 is 0 Å². The number of amides is 3. The van der Waals surface area contributed by atoms with Crippen molar-refractivity contribution in [2.45, 2.75) is 65.5 Å². The Balaban J connectivity index is 1.65. The van der Waals surface area contributed by atoms with E-state index in [9.17, 15) is 19.2 Å². The number of carbonyl (C=O) groups excluding carboxylic acids is 4. The van der Waals surface area contributed by atoms with Crippen molar-refractivity contribution in [3.05, 3.63) is 35.4 Å². The Kier molecular flexibility index (Phi) is 5.76. The molecule has 3 amide bonds. The van der Waals surface area contributed by atoms with Crippen molar-refractivity contribution < 1.29 is 23.9 Å². The van der Waals surface area contributed by atoms with Crippen LogP contribution in [-0.4, -0.2) is 46.8 Å². The number of nitrogens with zero attached hydrogens (tertiary/aromatic N) is 1. The summed E-state index contributed by atoms with van der Waals surface area (Å²) < 4.78 is 5.23. The Morgan fingerprint density at radius 1 is 1.20 bits per heavy atom. The molecule has 1 saturated heterocycles. The van der Waals surface area contributed by atoms with E-state index in [0.717, 1.165) is 16.9 Å². The first-order chi connectivity index (χ1) is 13.9. The fourth-order valence-corrected chi connectivity index (χ4v) is 5.02. The molecule has 1 N–H and O–H groups in total. The molecule has 1 aliphatic heterocycles. The minimum absolute atomic E-state index is 0.0912. The fraction of sp³-hybridized carbons (Fsp3) is 0.565. The summed E-state index contributed by atoms with van der Waals surface area (Å²) in [5, 5.41) is 2.83. The molecule has 0 radical (unpaired) electrons. The minimum atomic E-state index is -1.01. The van der Waals surface area contributed by atoms with E-state index in [2.05, 4.69) is 26.1 Å². The van der Waals surface area contributed by atoms with Crippen LogP contribution < -0.4 is 5.32 Å². The van der Waals surface area contributed by atoms with Crippen LogP contribution in [0.2, 0.25) is 0 Å². The van der Waals surface area contributed by atoms with Crippen molar-refractivity contribution in [1.29, 1.82) is 0 Å². The number of carbonyl (C=O) groups is 4. The number of ether oxygens (including phenoxy) is 1. The number of rotatable bonds is 5. The average molecular weight is 415 g/mol. The zero-order valence-corrected chi connectivity index (χ0v) is 18.3. The van der Waals surface area contributed by atoms with E-state index < -0.39 is 30.2 Å². The van der Waals surface area contributed by atoms with E-state index in [0.29, 0.717) is 18.4 Å². The molecule has 0 bridgehead atoms. The van der Waals surface area contributed by atoms with Crippen LogP contribution in [0.4, 0.5) is 4.79 Å².